The number of hydrogen-bond donors (Lipinski definition) is 0. The Hall–Kier alpha value is -3.28. The Morgan fingerprint density at radius 2 is 2.03 bits per heavy atom. The number of alkyl halides is 3. The van der Waals surface area contributed by atoms with Crippen LogP contribution in [0.3, 0.4) is 0 Å². The molecule has 0 N–H and O–H groups in total. The summed E-state index contributed by atoms with van der Waals surface area (Å²) in [6.07, 6.45) is -1.61. The average Bonchev–Trinajstić information content (AvgIpc) is 3.57. The van der Waals surface area contributed by atoms with Crippen molar-refractivity contribution >= 4 is 5.91 Å². The van der Waals surface area contributed by atoms with Gasteiger partial charge in [-0.15, -0.1) is 0 Å². The van der Waals surface area contributed by atoms with Gasteiger partial charge in [0, 0.05) is 5.92 Å². The number of ether oxygens (including phenoxy) is 2. The number of pyridine rings is 1. The van der Waals surface area contributed by atoms with Crippen molar-refractivity contribution in [2.75, 3.05) is 13.3 Å². The average molecular weight is 419 g/mol. The van der Waals surface area contributed by atoms with Crippen LogP contribution < -0.4 is 9.47 Å². The number of nitrogens with zero attached hydrogens (tertiary/aromatic N) is 3. The molecule has 1 atom stereocenters. The van der Waals surface area contributed by atoms with Crippen LogP contribution in [0.15, 0.2) is 42.6 Å². The highest BCUT2D eigenvalue weighted by Crippen LogP contribution is 2.34. The summed E-state index contributed by atoms with van der Waals surface area (Å²) in [5.41, 5.74) is 0.939. The lowest BCUT2D eigenvalue weighted by Crippen LogP contribution is -2.38. The van der Waals surface area contributed by atoms with Gasteiger partial charge in [0.15, 0.2) is 13.3 Å². The van der Waals surface area contributed by atoms with Crippen molar-refractivity contribution in [2.45, 2.75) is 32.0 Å². The SMILES string of the molecule is C[C@H](c1ccc(OCC(F)(F)F)cn1)N(COc1cccc(C#N)c1)C(=O)C1CC1. The van der Waals surface area contributed by atoms with Gasteiger partial charge in [-0.1, -0.05) is 6.07 Å². The fraction of sp³-hybridized carbons (Fsp3) is 0.381. The minimum atomic E-state index is -4.43. The predicted molar refractivity (Wildman–Crippen MR) is 100 cm³/mol. The monoisotopic (exact) mass is 419 g/mol. The molecule has 1 aliphatic rings. The molecule has 1 aromatic heterocycles. The van der Waals surface area contributed by atoms with E-state index >= 15 is 0 Å². The van der Waals surface area contributed by atoms with Crippen molar-refractivity contribution in [3.05, 3.63) is 53.9 Å². The van der Waals surface area contributed by atoms with Crippen LogP contribution in [-0.4, -0.2) is 35.3 Å². The smallest absolute Gasteiger partial charge is 0.422 e. The normalized spacial score (nSPS) is 14.5. The molecule has 3 rings (SSSR count). The largest absolute Gasteiger partial charge is 0.483 e. The first-order valence-electron chi connectivity index (χ1n) is 9.36. The van der Waals surface area contributed by atoms with Gasteiger partial charge < -0.3 is 14.4 Å². The third-order valence-corrected chi connectivity index (χ3v) is 4.60. The molecule has 1 amide bonds. The highest BCUT2D eigenvalue weighted by molar-refractivity contribution is 5.81. The van der Waals surface area contributed by atoms with E-state index in [1.807, 2.05) is 6.07 Å². The van der Waals surface area contributed by atoms with E-state index in [1.54, 1.807) is 31.2 Å². The summed E-state index contributed by atoms with van der Waals surface area (Å²) in [5, 5.41) is 9.00. The van der Waals surface area contributed by atoms with Gasteiger partial charge in [-0.3, -0.25) is 9.78 Å². The fourth-order valence-electron chi connectivity index (χ4n) is 2.78. The van der Waals surface area contributed by atoms with Gasteiger partial charge in [-0.25, -0.2) is 0 Å². The zero-order chi connectivity index (χ0) is 21.7. The molecule has 0 unspecified atom stereocenters. The van der Waals surface area contributed by atoms with Gasteiger partial charge >= 0.3 is 6.18 Å². The topological polar surface area (TPSA) is 75.5 Å². The van der Waals surface area contributed by atoms with Crippen LogP contribution in [0.5, 0.6) is 11.5 Å². The molecule has 1 aliphatic carbocycles. The number of carbonyl (C=O) groups excluding carboxylic acids is 1. The maximum Gasteiger partial charge on any atom is 0.422 e. The van der Waals surface area contributed by atoms with Crippen LogP contribution in [0.4, 0.5) is 13.2 Å². The van der Waals surface area contributed by atoms with Crippen molar-refractivity contribution in [1.29, 1.82) is 5.26 Å². The molecule has 0 bridgehead atoms. The minimum Gasteiger partial charge on any atom is -0.483 e. The standard InChI is InChI=1S/C21H20F3N3O3/c1-14(19-8-7-18(11-26-19)29-12-21(22,23)24)27(20(28)16-5-6-16)13-30-17-4-2-3-15(9-17)10-25/h2-4,7-9,11,14,16H,5-6,12-13H2,1H3/t14-/m1/s1. The molecule has 0 saturated heterocycles. The van der Waals surface area contributed by atoms with Crippen LogP contribution >= 0.6 is 0 Å². The highest BCUT2D eigenvalue weighted by atomic mass is 19.4. The van der Waals surface area contributed by atoms with Gasteiger partial charge in [0.2, 0.25) is 5.91 Å². The zero-order valence-electron chi connectivity index (χ0n) is 16.2. The van der Waals surface area contributed by atoms with E-state index in [0.717, 1.165) is 12.8 Å². The minimum absolute atomic E-state index is 0.00656. The molecule has 6 nitrogen and oxygen atoms in total. The van der Waals surface area contributed by atoms with Gasteiger partial charge in [0.1, 0.15) is 11.5 Å². The summed E-state index contributed by atoms with van der Waals surface area (Å²) in [4.78, 5) is 18.5. The Bertz CT molecular complexity index is 922. The Balaban J connectivity index is 1.70. The summed E-state index contributed by atoms with van der Waals surface area (Å²) >= 11 is 0. The van der Waals surface area contributed by atoms with Crippen molar-refractivity contribution in [3.63, 3.8) is 0 Å². The third-order valence-electron chi connectivity index (χ3n) is 4.60. The molecule has 0 aliphatic heterocycles. The van der Waals surface area contributed by atoms with Crippen LogP contribution in [0.1, 0.15) is 37.1 Å². The Morgan fingerprint density at radius 3 is 2.63 bits per heavy atom. The number of amides is 1. The predicted octanol–water partition coefficient (Wildman–Crippen LogP) is 4.23. The molecule has 0 radical (unpaired) electrons. The van der Waals surface area contributed by atoms with E-state index in [1.165, 1.54) is 23.2 Å². The van der Waals surface area contributed by atoms with E-state index < -0.39 is 18.8 Å². The maximum atomic E-state index is 12.8. The Labute approximate surface area is 171 Å². The number of aromatic nitrogens is 1. The first-order chi connectivity index (χ1) is 14.3. The fourth-order valence-corrected chi connectivity index (χ4v) is 2.78. The lowest BCUT2D eigenvalue weighted by atomic mass is 10.1. The zero-order valence-corrected chi connectivity index (χ0v) is 16.2. The quantitative estimate of drug-likeness (QED) is 0.599. The number of hydrogen-bond acceptors (Lipinski definition) is 5. The second-order valence-electron chi connectivity index (χ2n) is 6.99. The maximum absolute atomic E-state index is 12.8. The van der Waals surface area contributed by atoms with Gasteiger partial charge in [-0.05, 0) is 50.1 Å². The Morgan fingerprint density at radius 1 is 1.27 bits per heavy atom. The van der Waals surface area contributed by atoms with Crippen molar-refractivity contribution in [1.82, 2.24) is 9.88 Å². The lowest BCUT2D eigenvalue weighted by molar-refractivity contribution is -0.153. The summed E-state index contributed by atoms with van der Waals surface area (Å²) in [7, 11) is 0. The van der Waals surface area contributed by atoms with E-state index in [0.29, 0.717) is 17.0 Å². The number of halogens is 3. The lowest BCUT2D eigenvalue weighted by Gasteiger charge is -2.29. The van der Waals surface area contributed by atoms with Crippen LogP contribution in [0, 0.1) is 17.2 Å². The van der Waals surface area contributed by atoms with E-state index in [9.17, 15) is 18.0 Å². The van der Waals surface area contributed by atoms with E-state index in [-0.39, 0.29) is 24.3 Å². The summed E-state index contributed by atoms with van der Waals surface area (Å²) in [6.45, 7) is 0.332. The second kappa shape index (κ2) is 9.03. The van der Waals surface area contributed by atoms with Crippen molar-refractivity contribution in [3.8, 4) is 17.6 Å². The molecule has 158 valence electrons. The van der Waals surface area contributed by atoms with E-state index in [4.69, 9.17) is 10.00 Å². The van der Waals surface area contributed by atoms with Gasteiger partial charge in [-0.2, -0.15) is 18.4 Å². The van der Waals surface area contributed by atoms with Crippen LogP contribution in [0.2, 0.25) is 0 Å². The van der Waals surface area contributed by atoms with Crippen LogP contribution in [0.25, 0.3) is 0 Å². The molecule has 1 aromatic carbocycles. The van der Waals surface area contributed by atoms with Crippen molar-refractivity contribution < 1.29 is 27.4 Å². The van der Waals surface area contributed by atoms with Gasteiger partial charge in [0.25, 0.3) is 0 Å². The summed E-state index contributed by atoms with van der Waals surface area (Å²) in [6, 6.07) is 11.1. The molecular formula is C21H20F3N3O3. The molecule has 1 heterocycles. The third kappa shape index (κ3) is 5.86. The highest BCUT2D eigenvalue weighted by Gasteiger charge is 2.36. The summed E-state index contributed by atoms with van der Waals surface area (Å²) in [5.74, 6) is 0.320. The molecule has 30 heavy (non-hydrogen) atoms. The molecular weight excluding hydrogens is 399 g/mol. The first-order valence-corrected chi connectivity index (χ1v) is 9.36. The number of carbonyl (C=O) groups is 1. The second-order valence-corrected chi connectivity index (χ2v) is 6.99. The van der Waals surface area contributed by atoms with Crippen LogP contribution in [-0.2, 0) is 4.79 Å². The summed E-state index contributed by atoms with van der Waals surface area (Å²) < 4.78 is 47.2. The molecule has 0 spiro atoms. The first kappa shape index (κ1) is 21.4. The Kier molecular flexibility index (Phi) is 6.45. The number of rotatable bonds is 8. The van der Waals surface area contributed by atoms with E-state index in [2.05, 4.69) is 9.72 Å². The molecule has 9 heteroatoms. The number of nitriles is 1. The number of benzene rings is 1. The molecule has 2 aromatic rings. The molecule has 1 saturated carbocycles. The molecule has 1 fully saturated rings. The van der Waals surface area contributed by atoms with Crippen molar-refractivity contribution in [2.24, 2.45) is 5.92 Å². The van der Waals surface area contributed by atoms with Gasteiger partial charge in [0.05, 0.1) is 29.6 Å².